The molecule has 0 saturated heterocycles. The van der Waals surface area contributed by atoms with E-state index in [0.717, 1.165) is 45.1 Å². The van der Waals surface area contributed by atoms with Crippen LogP contribution in [0.3, 0.4) is 0 Å². The molecule has 0 N–H and O–H groups in total. The van der Waals surface area contributed by atoms with Crippen molar-refractivity contribution in [1.82, 2.24) is 9.38 Å². The highest BCUT2D eigenvalue weighted by molar-refractivity contribution is 5.87. The van der Waals surface area contributed by atoms with Gasteiger partial charge in [0, 0.05) is 11.1 Å². The Bertz CT molecular complexity index is 1250. The van der Waals surface area contributed by atoms with E-state index >= 15 is 0 Å². The van der Waals surface area contributed by atoms with Crippen molar-refractivity contribution in [3.8, 4) is 45.7 Å². The van der Waals surface area contributed by atoms with Gasteiger partial charge in [-0.25, -0.2) is 4.98 Å². The van der Waals surface area contributed by atoms with E-state index in [0.29, 0.717) is 18.8 Å². The maximum atomic E-state index is 9.13. The number of ether oxygens (including phenoxy) is 3. The van der Waals surface area contributed by atoms with Crippen LogP contribution in [0.4, 0.5) is 0 Å². The van der Waals surface area contributed by atoms with Gasteiger partial charge >= 0.3 is 0 Å². The van der Waals surface area contributed by atoms with E-state index in [-0.39, 0.29) is 0 Å². The van der Waals surface area contributed by atoms with Gasteiger partial charge in [-0.2, -0.15) is 5.26 Å². The van der Waals surface area contributed by atoms with Crippen LogP contribution in [0.1, 0.15) is 5.56 Å². The van der Waals surface area contributed by atoms with Gasteiger partial charge < -0.3 is 14.2 Å². The Labute approximate surface area is 167 Å². The zero-order valence-corrected chi connectivity index (χ0v) is 15.8. The molecule has 0 unspecified atom stereocenters. The normalized spacial score (nSPS) is 12.6. The molecule has 6 heteroatoms. The molecule has 5 rings (SSSR count). The lowest BCUT2D eigenvalue weighted by molar-refractivity contribution is 0.171. The molecule has 2 aromatic carbocycles. The van der Waals surface area contributed by atoms with Gasteiger partial charge in [0.15, 0.2) is 11.5 Å². The first-order valence-corrected chi connectivity index (χ1v) is 9.22. The molecule has 0 aliphatic carbocycles. The van der Waals surface area contributed by atoms with E-state index in [1.165, 1.54) is 0 Å². The summed E-state index contributed by atoms with van der Waals surface area (Å²) in [6, 6.07) is 17.6. The molecule has 6 nitrogen and oxygen atoms in total. The maximum Gasteiger partial charge on any atom is 0.162 e. The summed E-state index contributed by atoms with van der Waals surface area (Å²) in [4.78, 5) is 4.33. The van der Waals surface area contributed by atoms with E-state index in [1.54, 1.807) is 19.6 Å². The zero-order valence-electron chi connectivity index (χ0n) is 15.8. The average molecular weight is 383 g/mol. The number of hydrogen-bond acceptors (Lipinski definition) is 5. The van der Waals surface area contributed by atoms with Gasteiger partial charge in [-0.15, -0.1) is 0 Å². The minimum atomic E-state index is 0.530. The topological polar surface area (TPSA) is 68.8 Å². The molecule has 3 heterocycles. The molecule has 0 bridgehead atoms. The lowest BCUT2D eigenvalue weighted by Crippen LogP contribution is -2.15. The van der Waals surface area contributed by atoms with Crippen molar-refractivity contribution in [3.63, 3.8) is 0 Å². The van der Waals surface area contributed by atoms with Crippen LogP contribution in [0.2, 0.25) is 0 Å². The Morgan fingerprint density at radius 3 is 2.52 bits per heavy atom. The summed E-state index contributed by atoms with van der Waals surface area (Å²) in [7, 11) is 1.65. The van der Waals surface area contributed by atoms with E-state index in [1.807, 2.05) is 52.9 Å². The molecule has 0 saturated carbocycles. The Morgan fingerprint density at radius 1 is 1.00 bits per heavy atom. The smallest absolute Gasteiger partial charge is 0.162 e. The van der Waals surface area contributed by atoms with Crippen LogP contribution in [0.5, 0.6) is 17.2 Å². The second kappa shape index (κ2) is 6.88. The summed E-state index contributed by atoms with van der Waals surface area (Å²) in [5.41, 5.74) is 5.36. The predicted octanol–water partition coefficient (Wildman–Crippen LogP) is 4.32. The van der Waals surface area contributed by atoms with Gasteiger partial charge in [-0.3, -0.25) is 4.40 Å². The average Bonchev–Trinajstić information content (AvgIpc) is 3.27. The summed E-state index contributed by atoms with van der Waals surface area (Å²) in [6.45, 7) is 1.08. The Morgan fingerprint density at radius 2 is 1.76 bits per heavy atom. The highest BCUT2D eigenvalue weighted by atomic mass is 16.6. The van der Waals surface area contributed by atoms with Crippen molar-refractivity contribution in [3.05, 3.63) is 66.6 Å². The number of aromatic nitrogens is 2. The number of hydrogen-bond donors (Lipinski definition) is 0. The Hall–Kier alpha value is -3.98. The number of fused-ring (bicyclic) bond motifs is 2. The second-order valence-corrected chi connectivity index (χ2v) is 6.67. The molecule has 0 atom stereocenters. The molecule has 1 aliphatic heterocycles. The first kappa shape index (κ1) is 17.1. The molecule has 29 heavy (non-hydrogen) atoms. The molecule has 0 spiro atoms. The summed E-state index contributed by atoms with van der Waals surface area (Å²) < 4.78 is 19.1. The lowest BCUT2D eigenvalue weighted by atomic mass is 9.97. The van der Waals surface area contributed by atoms with Crippen LogP contribution in [-0.2, 0) is 0 Å². The van der Waals surface area contributed by atoms with E-state index in [4.69, 9.17) is 19.5 Å². The molecule has 2 aromatic heterocycles. The highest BCUT2D eigenvalue weighted by Gasteiger charge is 2.19. The van der Waals surface area contributed by atoms with Crippen molar-refractivity contribution in [2.45, 2.75) is 0 Å². The summed E-state index contributed by atoms with van der Waals surface area (Å²) >= 11 is 0. The van der Waals surface area contributed by atoms with Crippen LogP contribution in [0.25, 0.3) is 27.9 Å². The van der Waals surface area contributed by atoms with E-state index in [2.05, 4.69) is 11.1 Å². The minimum Gasteiger partial charge on any atom is -0.494 e. The third-order valence-corrected chi connectivity index (χ3v) is 5.02. The SMILES string of the molecule is COc1cc(-c2ccc(C#N)cc2)c(-c2ccc3c(c2)OCCO3)n2cncc12. The third kappa shape index (κ3) is 2.84. The first-order valence-electron chi connectivity index (χ1n) is 9.22. The van der Waals surface area contributed by atoms with Gasteiger partial charge in [0.25, 0.3) is 0 Å². The fourth-order valence-corrected chi connectivity index (χ4v) is 3.65. The van der Waals surface area contributed by atoms with Gasteiger partial charge in [-0.1, -0.05) is 12.1 Å². The van der Waals surface area contributed by atoms with Gasteiger partial charge in [0.1, 0.15) is 24.5 Å². The summed E-state index contributed by atoms with van der Waals surface area (Å²) in [5, 5.41) is 9.13. The summed E-state index contributed by atoms with van der Waals surface area (Å²) in [6.07, 6.45) is 3.56. The number of nitriles is 1. The quantitative estimate of drug-likeness (QED) is 0.527. The van der Waals surface area contributed by atoms with Crippen LogP contribution in [0.15, 0.2) is 61.1 Å². The fraction of sp³-hybridized carbons (Fsp3) is 0.130. The fourth-order valence-electron chi connectivity index (χ4n) is 3.65. The van der Waals surface area contributed by atoms with Crippen molar-refractivity contribution in [2.75, 3.05) is 20.3 Å². The monoisotopic (exact) mass is 383 g/mol. The van der Waals surface area contributed by atoms with Crippen LogP contribution in [0, 0.1) is 11.3 Å². The number of rotatable bonds is 3. The molecular formula is C23H17N3O3. The first-order chi connectivity index (χ1) is 14.3. The molecule has 1 aliphatic rings. The Balaban J connectivity index is 1.79. The maximum absolute atomic E-state index is 9.13. The summed E-state index contributed by atoms with van der Waals surface area (Å²) in [5.74, 6) is 2.20. The Kier molecular flexibility index (Phi) is 4.07. The number of methoxy groups -OCH3 is 1. The number of pyridine rings is 1. The van der Waals surface area contributed by atoms with Gasteiger partial charge in [-0.05, 0) is 42.0 Å². The van der Waals surface area contributed by atoms with Crippen molar-refractivity contribution in [1.29, 1.82) is 5.26 Å². The van der Waals surface area contributed by atoms with Crippen molar-refractivity contribution < 1.29 is 14.2 Å². The number of imidazole rings is 1. The minimum absolute atomic E-state index is 0.530. The molecule has 4 aromatic rings. The zero-order chi connectivity index (χ0) is 19.8. The van der Waals surface area contributed by atoms with E-state index < -0.39 is 0 Å². The molecule has 142 valence electrons. The number of benzene rings is 2. The third-order valence-electron chi connectivity index (χ3n) is 5.02. The molecule has 0 fully saturated rings. The van der Waals surface area contributed by atoms with Crippen LogP contribution >= 0.6 is 0 Å². The number of nitrogens with zero attached hydrogens (tertiary/aromatic N) is 3. The highest BCUT2D eigenvalue weighted by Crippen LogP contribution is 2.41. The standard InChI is InChI=1S/C23H17N3O3/c1-27-21-11-18(16-4-2-15(12-24)3-5-16)23(26-14-25-13-19(21)26)17-6-7-20-22(10-17)29-9-8-28-20/h2-7,10-11,13-14H,8-9H2,1H3. The van der Waals surface area contributed by atoms with Gasteiger partial charge in [0.05, 0.1) is 37.0 Å². The van der Waals surface area contributed by atoms with Crippen LogP contribution < -0.4 is 14.2 Å². The van der Waals surface area contributed by atoms with Gasteiger partial charge in [0.2, 0.25) is 0 Å². The molecular weight excluding hydrogens is 366 g/mol. The van der Waals surface area contributed by atoms with Crippen molar-refractivity contribution >= 4 is 5.52 Å². The largest absolute Gasteiger partial charge is 0.494 e. The van der Waals surface area contributed by atoms with Crippen LogP contribution in [-0.4, -0.2) is 29.7 Å². The predicted molar refractivity (Wildman–Crippen MR) is 108 cm³/mol. The molecule has 0 amide bonds. The lowest BCUT2D eigenvalue weighted by Gasteiger charge is -2.20. The van der Waals surface area contributed by atoms with E-state index in [9.17, 15) is 0 Å². The van der Waals surface area contributed by atoms with Crippen molar-refractivity contribution in [2.24, 2.45) is 0 Å². The second-order valence-electron chi connectivity index (χ2n) is 6.67. The molecule has 0 radical (unpaired) electrons.